The van der Waals surface area contributed by atoms with E-state index in [1.54, 1.807) is 0 Å². The van der Waals surface area contributed by atoms with Gasteiger partial charge >= 0.3 is 0 Å². The molecule has 0 aliphatic heterocycles. The first-order valence-electron chi connectivity index (χ1n) is 18.1. The summed E-state index contributed by atoms with van der Waals surface area (Å²) in [6.07, 6.45) is 9.93. The first-order chi connectivity index (χ1) is 25.7. The Bertz CT molecular complexity index is 2700. The molecule has 8 aromatic rings. The van der Waals surface area contributed by atoms with Crippen LogP contribution in [0.3, 0.4) is 0 Å². The zero-order valence-corrected chi connectivity index (χ0v) is 29.4. The Hall–Kier alpha value is -6.44. The van der Waals surface area contributed by atoms with Crippen LogP contribution in [-0.4, -0.2) is 4.57 Å². The number of hydrogen-bond acceptors (Lipinski definition) is 0. The smallest absolute Gasteiger partial charge is 0.0541 e. The van der Waals surface area contributed by atoms with Gasteiger partial charge in [0, 0.05) is 16.5 Å². The number of nitrogens with zero attached hydrogens (tertiary/aromatic N) is 1. The van der Waals surface area contributed by atoms with Crippen molar-refractivity contribution in [3.8, 4) is 39.1 Å². The van der Waals surface area contributed by atoms with Gasteiger partial charge in [-0.1, -0.05) is 152 Å². The van der Waals surface area contributed by atoms with Gasteiger partial charge in [0.1, 0.15) is 0 Å². The number of hydrogen-bond donors (Lipinski definition) is 0. The minimum absolute atomic E-state index is 0.881. The van der Waals surface area contributed by atoms with Gasteiger partial charge < -0.3 is 4.57 Å². The summed E-state index contributed by atoms with van der Waals surface area (Å²) >= 11 is 0. The number of rotatable bonds is 7. The molecular weight excluding hydrogens is 627 g/mol. The zero-order chi connectivity index (χ0) is 35.0. The summed E-state index contributed by atoms with van der Waals surface area (Å²) in [4.78, 5) is 0. The van der Waals surface area contributed by atoms with Crippen LogP contribution in [0.15, 0.2) is 189 Å². The SMILES string of the molecule is C=C/C=C\C=C1/Cc2cc(-n3c4ccccc4c4cc(-c5ccc(Cc6ccccc6)c(-c6ccccc6C)c5)ccc43)ccc2-c2ccccc21. The molecule has 1 heterocycles. The van der Waals surface area contributed by atoms with Crippen LogP contribution in [0.4, 0.5) is 0 Å². The summed E-state index contributed by atoms with van der Waals surface area (Å²) in [5, 5.41) is 2.52. The van der Waals surface area contributed by atoms with Crippen LogP contribution in [0.2, 0.25) is 0 Å². The maximum absolute atomic E-state index is 3.85. The van der Waals surface area contributed by atoms with E-state index in [9.17, 15) is 0 Å². The lowest BCUT2D eigenvalue weighted by Gasteiger charge is -2.23. The van der Waals surface area contributed by atoms with Gasteiger partial charge in [-0.05, 0) is 123 Å². The quantitative estimate of drug-likeness (QED) is 0.149. The third-order valence-corrected chi connectivity index (χ3v) is 10.6. The fourth-order valence-corrected chi connectivity index (χ4v) is 8.11. The molecule has 0 atom stereocenters. The van der Waals surface area contributed by atoms with Crippen molar-refractivity contribution < 1.29 is 0 Å². The van der Waals surface area contributed by atoms with Crippen LogP contribution in [0.25, 0.3) is 66.4 Å². The highest BCUT2D eigenvalue weighted by molar-refractivity contribution is 6.10. The number of fused-ring (bicyclic) bond motifs is 6. The van der Waals surface area contributed by atoms with Crippen molar-refractivity contribution in [2.45, 2.75) is 19.8 Å². The molecule has 1 nitrogen and oxygen atoms in total. The molecule has 1 heteroatoms. The molecule has 1 aliphatic rings. The van der Waals surface area contributed by atoms with E-state index in [1.165, 1.54) is 94.3 Å². The van der Waals surface area contributed by atoms with E-state index in [0.717, 1.165) is 12.8 Å². The van der Waals surface area contributed by atoms with E-state index in [-0.39, 0.29) is 0 Å². The van der Waals surface area contributed by atoms with Crippen LogP contribution >= 0.6 is 0 Å². The number of allylic oxidation sites excluding steroid dienone is 5. The summed E-state index contributed by atoms with van der Waals surface area (Å²) in [5.74, 6) is 0. The van der Waals surface area contributed by atoms with Crippen LogP contribution in [-0.2, 0) is 12.8 Å². The Morgan fingerprint density at radius 1 is 0.558 bits per heavy atom. The third kappa shape index (κ3) is 5.61. The van der Waals surface area contributed by atoms with Gasteiger partial charge in [0.05, 0.1) is 11.0 Å². The summed E-state index contributed by atoms with van der Waals surface area (Å²) in [6, 6.07) is 58.2. The van der Waals surface area contributed by atoms with E-state index in [2.05, 4.69) is 188 Å². The van der Waals surface area contributed by atoms with E-state index >= 15 is 0 Å². The average molecular weight is 666 g/mol. The van der Waals surface area contributed by atoms with Crippen LogP contribution in [0, 0.1) is 6.92 Å². The Morgan fingerprint density at radius 2 is 1.27 bits per heavy atom. The second-order valence-corrected chi connectivity index (χ2v) is 13.8. The van der Waals surface area contributed by atoms with E-state index in [1.807, 2.05) is 12.2 Å². The lowest BCUT2D eigenvalue weighted by Crippen LogP contribution is -2.05. The van der Waals surface area contributed by atoms with Crippen LogP contribution < -0.4 is 0 Å². The molecule has 0 amide bonds. The average Bonchev–Trinajstić information content (AvgIpc) is 3.52. The normalized spacial score (nSPS) is 13.1. The first-order valence-corrected chi connectivity index (χ1v) is 18.1. The Morgan fingerprint density at radius 3 is 2.12 bits per heavy atom. The van der Waals surface area contributed by atoms with Gasteiger partial charge in [-0.25, -0.2) is 0 Å². The van der Waals surface area contributed by atoms with E-state index < -0.39 is 0 Å². The van der Waals surface area contributed by atoms with E-state index in [0.29, 0.717) is 0 Å². The van der Waals surface area contributed by atoms with Gasteiger partial charge in [0.2, 0.25) is 0 Å². The number of aromatic nitrogens is 1. The number of para-hydroxylation sites is 1. The van der Waals surface area contributed by atoms with Crippen molar-refractivity contribution in [2.75, 3.05) is 0 Å². The van der Waals surface area contributed by atoms with E-state index in [4.69, 9.17) is 0 Å². The predicted octanol–water partition coefficient (Wildman–Crippen LogP) is 13.4. The molecule has 9 rings (SSSR count). The number of aryl methyl sites for hydroxylation is 1. The molecule has 0 bridgehead atoms. The second kappa shape index (κ2) is 13.4. The fraction of sp³-hybridized carbons (Fsp3) is 0.0588. The monoisotopic (exact) mass is 665 g/mol. The molecule has 0 fully saturated rings. The topological polar surface area (TPSA) is 4.93 Å². The fourth-order valence-electron chi connectivity index (χ4n) is 8.11. The predicted molar refractivity (Wildman–Crippen MR) is 222 cm³/mol. The molecule has 0 radical (unpaired) electrons. The third-order valence-electron chi connectivity index (χ3n) is 10.6. The molecule has 1 aliphatic carbocycles. The summed E-state index contributed by atoms with van der Waals surface area (Å²) in [7, 11) is 0. The standard InChI is InChI=1S/C51H39N/c1-3-4-6-18-39-31-41-32-42(27-28-45(41)46-21-12-11-20-44(39)46)52-50-23-14-13-22-47(50)49-34-38(26-29-51(49)52)37-24-25-40(30-36-16-7-5-8-17-36)48(33-37)43-19-10-9-15-35(43)2/h3-29,32-34H,1,30-31H2,2H3/b6-4-,39-18+. The molecule has 52 heavy (non-hydrogen) atoms. The lowest BCUT2D eigenvalue weighted by atomic mass is 9.82. The van der Waals surface area contributed by atoms with Crippen molar-refractivity contribution in [2.24, 2.45) is 0 Å². The van der Waals surface area contributed by atoms with Crippen molar-refractivity contribution in [1.29, 1.82) is 0 Å². The van der Waals surface area contributed by atoms with Gasteiger partial charge in [-0.2, -0.15) is 0 Å². The minimum atomic E-state index is 0.881. The van der Waals surface area contributed by atoms with Crippen molar-refractivity contribution >= 4 is 27.4 Å². The van der Waals surface area contributed by atoms with Gasteiger partial charge in [0.25, 0.3) is 0 Å². The Kier molecular flexibility index (Phi) is 8.10. The molecule has 0 saturated carbocycles. The Balaban J connectivity index is 1.17. The van der Waals surface area contributed by atoms with Crippen molar-refractivity contribution in [1.82, 2.24) is 4.57 Å². The van der Waals surface area contributed by atoms with Crippen molar-refractivity contribution in [3.63, 3.8) is 0 Å². The van der Waals surface area contributed by atoms with Gasteiger partial charge in [-0.3, -0.25) is 0 Å². The molecule has 248 valence electrons. The first kappa shape index (κ1) is 31.5. The molecular formula is C51H39N. The molecule has 0 unspecified atom stereocenters. The highest BCUT2D eigenvalue weighted by atomic mass is 15.0. The summed E-state index contributed by atoms with van der Waals surface area (Å²) in [5.41, 5.74) is 19.2. The molecule has 0 saturated heterocycles. The zero-order valence-electron chi connectivity index (χ0n) is 29.4. The lowest BCUT2D eigenvalue weighted by molar-refractivity contribution is 1.15. The minimum Gasteiger partial charge on any atom is -0.309 e. The summed E-state index contributed by atoms with van der Waals surface area (Å²) in [6.45, 7) is 6.07. The van der Waals surface area contributed by atoms with Gasteiger partial charge in [-0.15, -0.1) is 0 Å². The summed E-state index contributed by atoms with van der Waals surface area (Å²) < 4.78 is 2.44. The number of benzene rings is 7. The maximum atomic E-state index is 3.85. The van der Waals surface area contributed by atoms with Crippen LogP contribution in [0.5, 0.6) is 0 Å². The highest BCUT2D eigenvalue weighted by Gasteiger charge is 2.21. The van der Waals surface area contributed by atoms with Gasteiger partial charge in [0.15, 0.2) is 0 Å². The van der Waals surface area contributed by atoms with Crippen LogP contribution in [0.1, 0.15) is 27.8 Å². The second-order valence-electron chi connectivity index (χ2n) is 13.8. The largest absolute Gasteiger partial charge is 0.309 e. The molecule has 0 spiro atoms. The molecule has 1 aromatic heterocycles. The molecule has 0 N–H and O–H groups in total. The van der Waals surface area contributed by atoms with Crippen molar-refractivity contribution in [3.05, 3.63) is 216 Å². The maximum Gasteiger partial charge on any atom is 0.0541 e. The Labute approximate surface area is 306 Å². The molecule has 7 aromatic carbocycles. The highest BCUT2D eigenvalue weighted by Crippen LogP contribution is 2.42.